The lowest BCUT2D eigenvalue weighted by molar-refractivity contribution is -0.127. The minimum absolute atomic E-state index is 0.0198. The summed E-state index contributed by atoms with van der Waals surface area (Å²) in [5, 5.41) is 8.51. The van der Waals surface area contributed by atoms with Crippen molar-refractivity contribution < 1.29 is 9.18 Å². The Kier molecular flexibility index (Phi) is 5.90. The molecule has 1 amide bonds. The quantitative estimate of drug-likeness (QED) is 0.578. The fourth-order valence-corrected chi connectivity index (χ4v) is 3.52. The summed E-state index contributed by atoms with van der Waals surface area (Å²) in [6, 6.07) is 5.99. The summed E-state index contributed by atoms with van der Waals surface area (Å²) in [7, 11) is 0. The Morgan fingerprint density at radius 3 is 2.52 bits per heavy atom. The summed E-state index contributed by atoms with van der Waals surface area (Å²) in [5.41, 5.74) is 0.704. The Bertz CT molecular complexity index is 995. The van der Waals surface area contributed by atoms with Crippen molar-refractivity contribution in [3.8, 4) is 0 Å². The maximum Gasteiger partial charge on any atom is 0.296 e. The highest BCUT2D eigenvalue weighted by molar-refractivity contribution is 7.99. The van der Waals surface area contributed by atoms with Crippen molar-refractivity contribution in [2.75, 3.05) is 18.8 Å². The lowest BCUT2D eigenvalue weighted by atomic mass is 10.2. The van der Waals surface area contributed by atoms with E-state index in [2.05, 4.69) is 10.2 Å². The van der Waals surface area contributed by atoms with E-state index in [0.29, 0.717) is 24.8 Å². The van der Waals surface area contributed by atoms with Gasteiger partial charge in [-0.25, -0.2) is 4.39 Å². The molecule has 0 aliphatic carbocycles. The Balaban J connectivity index is 1.79. The molecule has 3 aromatic rings. The number of carbonyl (C=O) groups excluding carboxylic acids is 1. The van der Waals surface area contributed by atoms with Crippen molar-refractivity contribution in [1.29, 1.82) is 0 Å². The Morgan fingerprint density at radius 2 is 1.85 bits per heavy atom. The molecule has 0 aliphatic rings. The van der Waals surface area contributed by atoms with E-state index in [1.807, 2.05) is 13.8 Å². The Labute approximate surface area is 159 Å². The van der Waals surface area contributed by atoms with Crippen LogP contribution in [0.3, 0.4) is 0 Å². The summed E-state index contributed by atoms with van der Waals surface area (Å²) in [6.07, 6.45) is 3.34. The molecule has 0 aliphatic heterocycles. The molecule has 0 spiro atoms. The van der Waals surface area contributed by atoms with Gasteiger partial charge in [-0.15, -0.1) is 10.2 Å². The smallest absolute Gasteiger partial charge is 0.296 e. The van der Waals surface area contributed by atoms with Gasteiger partial charge >= 0.3 is 0 Å². The second-order valence-corrected chi connectivity index (χ2v) is 6.83. The number of fused-ring (bicyclic) bond motifs is 1. The van der Waals surface area contributed by atoms with Crippen LogP contribution >= 0.6 is 11.8 Å². The second-order valence-electron chi connectivity index (χ2n) is 5.89. The summed E-state index contributed by atoms with van der Waals surface area (Å²) in [5.74, 6) is -0.0625. The average molecular weight is 389 g/mol. The van der Waals surface area contributed by atoms with E-state index in [1.165, 1.54) is 28.5 Å². The van der Waals surface area contributed by atoms with Crippen LogP contribution in [-0.4, -0.2) is 48.8 Å². The van der Waals surface area contributed by atoms with Crippen molar-refractivity contribution in [2.24, 2.45) is 0 Å². The molecule has 9 heteroatoms. The van der Waals surface area contributed by atoms with Gasteiger partial charge in [0.15, 0.2) is 5.16 Å². The van der Waals surface area contributed by atoms with Gasteiger partial charge in [0.25, 0.3) is 5.56 Å². The molecule has 7 nitrogen and oxygen atoms in total. The van der Waals surface area contributed by atoms with Crippen LogP contribution in [0.2, 0.25) is 0 Å². The molecule has 3 rings (SSSR count). The molecule has 0 saturated heterocycles. The van der Waals surface area contributed by atoms with Crippen LogP contribution in [-0.2, 0) is 11.3 Å². The third kappa shape index (κ3) is 4.19. The predicted octanol–water partition coefficient (Wildman–Crippen LogP) is 2.04. The zero-order valence-electron chi connectivity index (χ0n) is 15.1. The number of carbonyl (C=O) groups is 1. The molecule has 0 N–H and O–H groups in total. The number of hydrogen-bond donors (Lipinski definition) is 0. The average Bonchev–Trinajstić information content (AvgIpc) is 3.09. The predicted molar refractivity (Wildman–Crippen MR) is 101 cm³/mol. The summed E-state index contributed by atoms with van der Waals surface area (Å²) in [4.78, 5) is 26.5. The summed E-state index contributed by atoms with van der Waals surface area (Å²) in [6.45, 7) is 5.49. The molecular weight excluding hydrogens is 369 g/mol. The molecular formula is C18H20FN5O2S. The minimum atomic E-state index is -0.320. The first-order valence-electron chi connectivity index (χ1n) is 8.62. The van der Waals surface area contributed by atoms with Crippen LogP contribution in [0.15, 0.2) is 46.6 Å². The first-order chi connectivity index (χ1) is 13.0. The van der Waals surface area contributed by atoms with Crippen molar-refractivity contribution in [3.05, 3.63) is 58.4 Å². The zero-order valence-corrected chi connectivity index (χ0v) is 15.9. The van der Waals surface area contributed by atoms with E-state index in [-0.39, 0.29) is 28.7 Å². The molecule has 0 unspecified atom stereocenters. The highest BCUT2D eigenvalue weighted by Crippen LogP contribution is 2.16. The van der Waals surface area contributed by atoms with Gasteiger partial charge in [0.05, 0.1) is 12.3 Å². The van der Waals surface area contributed by atoms with E-state index in [9.17, 15) is 14.0 Å². The van der Waals surface area contributed by atoms with Gasteiger partial charge in [0, 0.05) is 25.5 Å². The van der Waals surface area contributed by atoms with Gasteiger partial charge in [-0.2, -0.15) is 0 Å². The van der Waals surface area contributed by atoms with Crippen molar-refractivity contribution in [1.82, 2.24) is 24.1 Å². The van der Waals surface area contributed by atoms with Crippen LogP contribution in [0.1, 0.15) is 19.4 Å². The highest BCUT2D eigenvalue weighted by atomic mass is 32.2. The molecule has 0 atom stereocenters. The summed E-state index contributed by atoms with van der Waals surface area (Å²) >= 11 is 1.25. The molecule has 2 aromatic heterocycles. The topological polar surface area (TPSA) is 72.5 Å². The second kappa shape index (κ2) is 8.34. The van der Waals surface area contributed by atoms with Gasteiger partial charge in [0.1, 0.15) is 5.82 Å². The van der Waals surface area contributed by atoms with Gasteiger partial charge < -0.3 is 9.47 Å². The van der Waals surface area contributed by atoms with Gasteiger partial charge in [-0.1, -0.05) is 23.9 Å². The van der Waals surface area contributed by atoms with Gasteiger partial charge in [-0.3, -0.25) is 14.0 Å². The maximum atomic E-state index is 13.0. The van der Waals surface area contributed by atoms with E-state index >= 15 is 0 Å². The van der Waals surface area contributed by atoms with Crippen LogP contribution in [0, 0.1) is 5.82 Å². The van der Waals surface area contributed by atoms with Crippen LogP contribution in [0.25, 0.3) is 5.65 Å². The van der Waals surface area contributed by atoms with E-state index in [0.717, 1.165) is 5.56 Å². The largest absolute Gasteiger partial charge is 0.343 e. The van der Waals surface area contributed by atoms with Crippen LogP contribution < -0.4 is 5.56 Å². The fourth-order valence-electron chi connectivity index (χ4n) is 2.70. The molecule has 27 heavy (non-hydrogen) atoms. The number of hydrogen-bond acceptors (Lipinski definition) is 5. The van der Waals surface area contributed by atoms with E-state index in [1.54, 1.807) is 33.8 Å². The Morgan fingerprint density at radius 1 is 1.15 bits per heavy atom. The number of thioether (sulfide) groups is 1. The molecule has 0 fully saturated rings. The van der Waals surface area contributed by atoms with Crippen molar-refractivity contribution in [3.63, 3.8) is 0 Å². The third-order valence-electron chi connectivity index (χ3n) is 4.22. The lowest BCUT2D eigenvalue weighted by Crippen LogP contribution is -2.31. The molecule has 142 valence electrons. The standard InChI is InChI=1S/C18H20FN5O2S/c1-3-22(4-2)15(25)12-27-18-21-20-16-17(26)23(9-10-24(16)18)11-13-5-7-14(19)8-6-13/h5-10H,3-4,11-12H2,1-2H3. The molecule has 1 aromatic carbocycles. The number of halogens is 1. The van der Waals surface area contributed by atoms with E-state index < -0.39 is 0 Å². The summed E-state index contributed by atoms with van der Waals surface area (Å²) < 4.78 is 16.1. The number of rotatable bonds is 7. The number of nitrogens with zero attached hydrogens (tertiary/aromatic N) is 5. The monoisotopic (exact) mass is 389 g/mol. The maximum absolute atomic E-state index is 13.0. The normalized spacial score (nSPS) is 11.1. The zero-order chi connectivity index (χ0) is 19.4. The number of benzene rings is 1. The SMILES string of the molecule is CCN(CC)C(=O)CSc1nnc2c(=O)n(Cc3ccc(F)cc3)ccn12. The molecule has 0 saturated carbocycles. The third-order valence-corrected chi connectivity index (χ3v) is 5.15. The minimum Gasteiger partial charge on any atom is -0.343 e. The number of amides is 1. The van der Waals surface area contributed by atoms with Crippen molar-refractivity contribution >= 4 is 23.3 Å². The molecule has 0 bridgehead atoms. The van der Waals surface area contributed by atoms with Crippen molar-refractivity contribution in [2.45, 2.75) is 25.5 Å². The lowest BCUT2D eigenvalue weighted by Gasteiger charge is -2.17. The first kappa shape index (κ1) is 19.1. The molecule has 2 heterocycles. The fraction of sp³-hybridized carbons (Fsp3) is 0.333. The highest BCUT2D eigenvalue weighted by Gasteiger charge is 2.15. The first-order valence-corrected chi connectivity index (χ1v) is 9.61. The van der Waals surface area contributed by atoms with E-state index in [4.69, 9.17) is 0 Å². The van der Waals surface area contributed by atoms with Crippen LogP contribution in [0.5, 0.6) is 0 Å². The molecule has 0 radical (unpaired) electrons. The van der Waals surface area contributed by atoms with Crippen LogP contribution in [0.4, 0.5) is 4.39 Å². The Hall–Kier alpha value is -2.68. The van der Waals surface area contributed by atoms with Gasteiger partial charge in [0.2, 0.25) is 11.6 Å². The van der Waals surface area contributed by atoms with Gasteiger partial charge in [-0.05, 0) is 31.5 Å². The number of aromatic nitrogens is 4.